The van der Waals surface area contributed by atoms with Crippen molar-refractivity contribution < 1.29 is 14.7 Å². The van der Waals surface area contributed by atoms with Crippen LogP contribution in [0.3, 0.4) is 0 Å². The smallest absolute Gasteiger partial charge is 0.323 e. The number of nitrogens with one attached hydrogen (secondary N) is 1. The van der Waals surface area contributed by atoms with Crippen LogP contribution in [0.1, 0.15) is 32.1 Å². The lowest BCUT2D eigenvalue weighted by Crippen LogP contribution is -2.38. The summed E-state index contributed by atoms with van der Waals surface area (Å²) in [6, 6.07) is 0.783. The molecule has 2 rings (SSSR count). The predicted molar refractivity (Wildman–Crippen MR) is 58.0 cm³/mol. The van der Waals surface area contributed by atoms with Crippen LogP contribution in [0.2, 0.25) is 0 Å². The second-order valence-electron chi connectivity index (χ2n) is 4.62. The molecule has 0 spiro atoms. The minimum atomic E-state index is -0.921. The van der Waals surface area contributed by atoms with Crippen molar-refractivity contribution in [2.24, 2.45) is 0 Å². The summed E-state index contributed by atoms with van der Waals surface area (Å²) in [6.45, 7) is 0.527. The van der Waals surface area contributed by atoms with Gasteiger partial charge in [0.1, 0.15) is 6.54 Å². The Bertz CT molecular complexity index is 285. The number of hydrogen-bond donors (Lipinski definition) is 2. The maximum atomic E-state index is 11.8. The van der Waals surface area contributed by atoms with E-state index in [1.807, 2.05) is 0 Å². The number of rotatable bonds is 7. The number of carboxylic acid groups (broad SMARTS) is 1. The van der Waals surface area contributed by atoms with Crippen LogP contribution in [0.25, 0.3) is 0 Å². The van der Waals surface area contributed by atoms with Crippen LogP contribution in [0.5, 0.6) is 0 Å². The Morgan fingerprint density at radius 1 is 1.25 bits per heavy atom. The van der Waals surface area contributed by atoms with Crippen LogP contribution in [-0.4, -0.2) is 47.1 Å². The van der Waals surface area contributed by atoms with Crippen molar-refractivity contribution in [3.05, 3.63) is 0 Å². The van der Waals surface area contributed by atoms with E-state index < -0.39 is 5.97 Å². The second-order valence-corrected chi connectivity index (χ2v) is 4.62. The van der Waals surface area contributed by atoms with Crippen molar-refractivity contribution in [3.8, 4) is 0 Å². The van der Waals surface area contributed by atoms with Crippen molar-refractivity contribution in [1.29, 1.82) is 0 Å². The molecule has 2 N–H and O–H groups in total. The molecule has 0 saturated heterocycles. The number of carbonyl (C=O) groups excluding carboxylic acids is 1. The van der Waals surface area contributed by atoms with Gasteiger partial charge in [0, 0.05) is 25.0 Å². The molecule has 90 valence electrons. The Morgan fingerprint density at radius 3 is 2.44 bits per heavy atom. The van der Waals surface area contributed by atoms with Gasteiger partial charge in [-0.1, -0.05) is 0 Å². The lowest BCUT2D eigenvalue weighted by Gasteiger charge is -2.20. The van der Waals surface area contributed by atoms with Crippen molar-refractivity contribution >= 4 is 11.9 Å². The molecule has 5 heteroatoms. The lowest BCUT2D eigenvalue weighted by molar-refractivity contribution is -0.144. The van der Waals surface area contributed by atoms with Gasteiger partial charge in [-0.25, -0.2) is 0 Å². The third-order valence-corrected chi connectivity index (χ3v) is 2.96. The Labute approximate surface area is 94.8 Å². The van der Waals surface area contributed by atoms with Crippen LogP contribution in [0, 0.1) is 0 Å². The second kappa shape index (κ2) is 4.82. The first-order chi connectivity index (χ1) is 7.66. The molecule has 0 aromatic rings. The molecule has 0 aromatic heterocycles. The number of carbonyl (C=O) groups is 2. The summed E-state index contributed by atoms with van der Waals surface area (Å²) in [5.74, 6) is -0.951. The van der Waals surface area contributed by atoms with E-state index in [0.29, 0.717) is 19.0 Å². The molecule has 2 fully saturated rings. The quantitative estimate of drug-likeness (QED) is 0.651. The SMILES string of the molecule is O=C(O)CN(C(=O)CCNC1CC1)C1CC1. The number of nitrogens with zero attached hydrogens (tertiary/aromatic N) is 1. The average Bonchev–Trinajstić information content (AvgIpc) is 3.06. The molecule has 2 aliphatic carbocycles. The maximum absolute atomic E-state index is 11.8. The van der Waals surface area contributed by atoms with Gasteiger partial charge in [0.25, 0.3) is 0 Å². The normalized spacial score (nSPS) is 19.5. The molecule has 0 bridgehead atoms. The molecule has 5 nitrogen and oxygen atoms in total. The fraction of sp³-hybridized carbons (Fsp3) is 0.818. The van der Waals surface area contributed by atoms with E-state index in [9.17, 15) is 9.59 Å². The molecule has 1 amide bonds. The minimum Gasteiger partial charge on any atom is -0.480 e. The van der Waals surface area contributed by atoms with E-state index in [4.69, 9.17) is 5.11 Å². The first kappa shape index (κ1) is 11.4. The van der Waals surface area contributed by atoms with Gasteiger partial charge < -0.3 is 15.3 Å². The molecular weight excluding hydrogens is 208 g/mol. The third kappa shape index (κ3) is 3.48. The summed E-state index contributed by atoms with van der Waals surface area (Å²) in [4.78, 5) is 23.9. The molecule has 0 unspecified atom stereocenters. The van der Waals surface area contributed by atoms with Gasteiger partial charge in [-0.2, -0.15) is 0 Å². The molecule has 16 heavy (non-hydrogen) atoms. The van der Waals surface area contributed by atoms with Crippen LogP contribution >= 0.6 is 0 Å². The summed E-state index contributed by atoms with van der Waals surface area (Å²) in [5.41, 5.74) is 0. The summed E-state index contributed by atoms with van der Waals surface area (Å²) in [5, 5.41) is 12.0. The highest BCUT2D eigenvalue weighted by atomic mass is 16.4. The first-order valence-corrected chi connectivity index (χ1v) is 5.91. The van der Waals surface area contributed by atoms with Gasteiger partial charge in [-0.3, -0.25) is 9.59 Å². The summed E-state index contributed by atoms with van der Waals surface area (Å²) < 4.78 is 0. The highest BCUT2D eigenvalue weighted by molar-refractivity contribution is 5.82. The first-order valence-electron chi connectivity index (χ1n) is 5.91. The van der Waals surface area contributed by atoms with Crippen molar-refractivity contribution in [2.75, 3.05) is 13.1 Å². The molecule has 2 saturated carbocycles. The van der Waals surface area contributed by atoms with E-state index in [2.05, 4.69) is 5.32 Å². The molecule has 0 aliphatic heterocycles. The Hall–Kier alpha value is -1.10. The summed E-state index contributed by atoms with van der Waals surface area (Å²) >= 11 is 0. The van der Waals surface area contributed by atoms with Gasteiger partial charge in [-0.05, 0) is 25.7 Å². The van der Waals surface area contributed by atoms with Crippen LogP contribution in [0.4, 0.5) is 0 Å². The van der Waals surface area contributed by atoms with Crippen LogP contribution in [0.15, 0.2) is 0 Å². The Kier molecular flexibility index (Phi) is 3.43. The Morgan fingerprint density at radius 2 is 1.94 bits per heavy atom. The van der Waals surface area contributed by atoms with Gasteiger partial charge in [0.05, 0.1) is 0 Å². The topological polar surface area (TPSA) is 69.6 Å². The monoisotopic (exact) mass is 226 g/mol. The van der Waals surface area contributed by atoms with Crippen LogP contribution < -0.4 is 5.32 Å². The summed E-state index contributed by atoms with van der Waals surface area (Å²) in [7, 11) is 0. The molecule has 0 atom stereocenters. The number of carboxylic acids is 1. The van der Waals surface area contributed by atoms with E-state index in [-0.39, 0.29) is 18.5 Å². The Balaban J connectivity index is 1.72. The van der Waals surface area contributed by atoms with Gasteiger partial charge >= 0.3 is 5.97 Å². The minimum absolute atomic E-state index is 0.0296. The average molecular weight is 226 g/mol. The van der Waals surface area contributed by atoms with Gasteiger partial charge in [0.15, 0.2) is 0 Å². The standard InChI is InChI=1S/C11H18N2O3/c14-10(5-6-12-8-1-2-8)13(7-11(15)16)9-3-4-9/h8-9,12H,1-7H2,(H,15,16). The predicted octanol–water partition coefficient (Wildman–Crippen LogP) is 0.204. The van der Waals surface area contributed by atoms with E-state index in [0.717, 1.165) is 12.8 Å². The third-order valence-electron chi connectivity index (χ3n) is 2.96. The largest absolute Gasteiger partial charge is 0.480 e. The zero-order chi connectivity index (χ0) is 11.5. The number of aliphatic carboxylic acids is 1. The van der Waals surface area contributed by atoms with Gasteiger partial charge in [0.2, 0.25) is 5.91 Å². The molecular formula is C11H18N2O3. The van der Waals surface area contributed by atoms with Crippen molar-refractivity contribution in [2.45, 2.75) is 44.2 Å². The highest BCUT2D eigenvalue weighted by Gasteiger charge is 2.33. The van der Waals surface area contributed by atoms with E-state index >= 15 is 0 Å². The molecule has 0 heterocycles. The zero-order valence-electron chi connectivity index (χ0n) is 9.32. The number of hydrogen-bond acceptors (Lipinski definition) is 3. The van der Waals surface area contributed by atoms with E-state index in [1.165, 1.54) is 17.7 Å². The summed E-state index contributed by atoms with van der Waals surface area (Å²) in [6.07, 6.45) is 4.73. The van der Waals surface area contributed by atoms with Crippen molar-refractivity contribution in [1.82, 2.24) is 10.2 Å². The van der Waals surface area contributed by atoms with Crippen LogP contribution in [-0.2, 0) is 9.59 Å². The molecule has 0 aromatic carbocycles. The fourth-order valence-electron chi connectivity index (χ4n) is 1.77. The molecule has 2 aliphatic rings. The maximum Gasteiger partial charge on any atom is 0.323 e. The highest BCUT2D eigenvalue weighted by Crippen LogP contribution is 2.27. The van der Waals surface area contributed by atoms with Crippen molar-refractivity contribution in [3.63, 3.8) is 0 Å². The zero-order valence-corrected chi connectivity index (χ0v) is 9.32. The molecule has 0 radical (unpaired) electrons. The fourth-order valence-corrected chi connectivity index (χ4v) is 1.77. The lowest BCUT2D eigenvalue weighted by atomic mass is 10.3. The van der Waals surface area contributed by atoms with E-state index in [1.54, 1.807) is 0 Å². The number of amides is 1. The van der Waals surface area contributed by atoms with Gasteiger partial charge in [-0.15, -0.1) is 0 Å².